The van der Waals surface area contributed by atoms with Crippen molar-refractivity contribution < 1.29 is 19.1 Å². The summed E-state index contributed by atoms with van der Waals surface area (Å²) < 4.78 is 6.05. The molecule has 0 bridgehead atoms. The number of rotatable bonds is 2. The largest absolute Gasteiger partial charge is 0.492 e. The summed E-state index contributed by atoms with van der Waals surface area (Å²) in [5.41, 5.74) is 0.962. The van der Waals surface area contributed by atoms with Crippen LogP contribution in [0.25, 0.3) is 6.08 Å². The maximum absolute atomic E-state index is 13.7. The van der Waals surface area contributed by atoms with Crippen LogP contribution in [0.5, 0.6) is 5.75 Å². The zero-order valence-electron chi connectivity index (χ0n) is 22.5. The quantitative estimate of drug-likeness (QED) is 0.531. The second-order valence-corrected chi connectivity index (χ2v) is 10.7. The van der Waals surface area contributed by atoms with Gasteiger partial charge in [-0.1, -0.05) is 66.9 Å². The van der Waals surface area contributed by atoms with E-state index in [1.165, 1.54) is 4.90 Å². The van der Waals surface area contributed by atoms with Crippen molar-refractivity contribution in [3.05, 3.63) is 70.8 Å². The van der Waals surface area contributed by atoms with Gasteiger partial charge in [0.25, 0.3) is 0 Å². The second-order valence-electron chi connectivity index (χ2n) is 10.2. The molecule has 9 heteroatoms. The SMILES string of the molecule is C[C@@H]1C(=O)N[C@@H](Cc2cccc(Cl)c2)C(=O)NC/C=C/c2ccccc2OCCNC2(CCCC2)C(=O)N1C. The van der Waals surface area contributed by atoms with Crippen LogP contribution in [0.3, 0.4) is 0 Å². The first kappa shape index (κ1) is 28.6. The number of hydrogen-bond acceptors (Lipinski definition) is 5. The number of halogens is 1. The summed E-state index contributed by atoms with van der Waals surface area (Å²) in [5.74, 6) is -0.113. The Balaban J connectivity index is 1.61. The molecule has 1 spiro atoms. The van der Waals surface area contributed by atoms with Crippen molar-refractivity contribution in [2.24, 2.45) is 0 Å². The minimum absolute atomic E-state index is 0.122. The van der Waals surface area contributed by atoms with Crippen LogP contribution >= 0.6 is 11.6 Å². The van der Waals surface area contributed by atoms with E-state index in [-0.39, 0.29) is 24.8 Å². The molecule has 3 N–H and O–H groups in total. The van der Waals surface area contributed by atoms with Crippen LogP contribution in [-0.4, -0.2) is 67.0 Å². The van der Waals surface area contributed by atoms with E-state index in [1.54, 1.807) is 26.1 Å². The Bertz CT molecular complexity index is 1210. The predicted molar refractivity (Wildman–Crippen MR) is 153 cm³/mol. The highest BCUT2D eigenvalue weighted by atomic mass is 35.5. The number of carbonyl (C=O) groups excluding carboxylic acids is 3. The summed E-state index contributed by atoms with van der Waals surface area (Å²) in [5, 5.41) is 9.78. The Labute approximate surface area is 235 Å². The number of nitrogens with one attached hydrogen (secondary N) is 3. The monoisotopic (exact) mass is 552 g/mol. The van der Waals surface area contributed by atoms with E-state index in [1.807, 2.05) is 48.6 Å². The summed E-state index contributed by atoms with van der Waals surface area (Å²) in [6.07, 6.45) is 7.27. The molecule has 2 aromatic rings. The molecule has 4 rings (SSSR count). The average molecular weight is 553 g/mol. The normalized spacial score (nSPS) is 23.7. The van der Waals surface area contributed by atoms with Gasteiger partial charge in [0.1, 0.15) is 24.4 Å². The molecule has 1 heterocycles. The first-order valence-electron chi connectivity index (χ1n) is 13.5. The number of hydrogen-bond donors (Lipinski definition) is 3. The average Bonchev–Trinajstić information content (AvgIpc) is 3.42. The molecule has 2 aliphatic rings. The van der Waals surface area contributed by atoms with Crippen molar-refractivity contribution in [2.75, 3.05) is 26.7 Å². The number of benzene rings is 2. The van der Waals surface area contributed by atoms with E-state index < -0.39 is 23.5 Å². The highest BCUT2D eigenvalue weighted by molar-refractivity contribution is 6.30. The molecule has 2 aromatic carbocycles. The van der Waals surface area contributed by atoms with Crippen molar-refractivity contribution in [1.82, 2.24) is 20.9 Å². The molecule has 2 atom stereocenters. The molecule has 0 saturated heterocycles. The minimum Gasteiger partial charge on any atom is -0.492 e. The number of likely N-dealkylation sites (N-methyl/N-ethyl adjacent to an activating group) is 1. The third kappa shape index (κ3) is 7.19. The molecule has 0 aromatic heterocycles. The lowest BCUT2D eigenvalue weighted by molar-refractivity contribution is -0.144. The standard InChI is InChI=1S/C30H37ClN4O4/c1-21-27(36)34-25(20-22-9-7-12-24(31)19-22)28(37)32-16-8-11-23-10-3-4-13-26(23)39-18-17-33-30(14-5-6-15-30)29(38)35(21)2/h3-4,7-13,19,21,25,33H,5-6,14-18,20H2,1-2H3,(H,32,37)(H,34,36)/b11-8+/t21-,25+/m1/s1. The second kappa shape index (κ2) is 13.1. The molecule has 1 aliphatic carbocycles. The van der Waals surface area contributed by atoms with Gasteiger partial charge < -0.3 is 20.3 Å². The van der Waals surface area contributed by atoms with Gasteiger partial charge in [0.15, 0.2) is 0 Å². The fourth-order valence-electron chi connectivity index (χ4n) is 5.20. The van der Waals surface area contributed by atoms with Crippen molar-refractivity contribution in [2.45, 2.75) is 56.7 Å². The number of nitrogens with zero attached hydrogens (tertiary/aromatic N) is 1. The van der Waals surface area contributed by atoms with E-state index in [9.17, 15) is 14.4 Å². The van der Waals surface area contributed by atoms with Crippen molar-refractivity contribution >= 4 is 35.4 Å². The lowest BCUT2D eigenvalue weighted by Gasteiger charge is -2.36. The summed E-state index contributed by atoms with van der Waals surface area (Å²) in [4.78, 5) is 41.8. The minimum atomic E-state index is -0.844. The van der Waals surface area contributed by atoms with Crippen molar-refractivity contribution in [3.63, 3.8) is 0 Å². The van der Waals surface area contributed by atoms with Gasteiger partial charge in [0.2, 0.25) is 17.7 Å². The van der Waals surface area contributed by atoms with E-state index >= 15 is 0 Å². The van der Waals surface area contributed by atoms with Crippen LogP contribution in [-0.2, 0) is 20.8 Å². The summed E-state index contributed by atoms with van der Waals surface area (Å²) in [6, 6.07) is 13.3. The molecule has 1 saturated carbocycles. The van der Waals surface area contributed by atoms with Gasteiger partial charge >= 0.3 is 0 Å². The van der Waals surface area contributed by atoms with Gasteiger partial charge in [0.05, 0.1) is 5.54 Å². The van der Waals surface area contributed by atoms with Gasteiger partial charge in [-0.15, -0.1) is 0 Å². The van der Waals surface area contributed by atoms with Gasteiger partial charge in [-0.25, -0.2) is 0 Å². The summed E-state index contributed by atoms with van der Waals surface area (Å²) >= 11 is 6.16. The van der Waals surface area contributed by atoms with E-state index in [0.29, 0.717) is 31.0 Å². The molecule has 3 amide bonds. The van der Waals surface area contributed by atoms with Gasteiger partial charge in [-0.3, -0.25) is 19.7 Å². The lowest BCUT2D eigenvalue weighted by atomic mass is 9.94. The predicted octanol–water partition coefficient (Wildman–Crippen LogP) is 3.34. The Morgan fingerprint density at radius 2 is 1.82 bits per heavy atom. The van der Waals surface area contributed by atoms with E-state index in [4.69, 9.17) is 16.3 Å². The smallest absolute Gasteiger partial charge is 0.243 e. The van der Waals surface area contributed by atoms with Crippen LogP contribution in [0.15, 0.2) is 54.6 Å². The van der Waals surface area contributed by atoms with Crippen LogP contribution < -0.4 is 20.7 Å². The first-order chi connectivity index (χ1) is 18.8. The maximum Gasteiger partial charge on any atom is 0.243 e. The molecule has 208 valence electrons. The molecule has 39 heavy (non-hydrogen) atoms. The molecular weight excluding hydrogens is 516 g/mol. The number of fused-ring (bicyclic) bond motifs is 1. The fourth-order valence-corrected chi connectivity index (χ4v) is 5.42. The lowest BCUT2D eigenvalue weighted by Crippen LogP contribution is -2.61. The molecule has 1 fully saturated rings. The van der Waals surface area contributed by atoms with Crippen molar-refractivity contribution in [1.29, 1.82) is 0 Å². The highest BCUT2D eigenvalue weighted by Crippen LogP contribution is 2.32. The number of para-hydroxylation sites is 1. The molecule has 8 nitrogen and oxygen atoms in total. The van der Waals surface area contributed by atoms with Gasteiger partial charge in [-0.2, -0.15) is 0 Å². The molecule has 0 unspecified atom stereocenters. The number of carbonyl (C=O) groups is 3. The molecular formula is C30H37ClN4O4. The van der Waals surface area contributed by atoms with Crippen LogP contribution in [0.1, 0.15) is 43.7 Å². The van der Waals surface area contributed by atoms with E-state index in [0.717, 1.165) is 29.7 Å². The Morgan fingerprint density at radius 1 is 1.05 bits per heavy atom. The Morgan fingerprint density at radius 3 is 2.59 bits per heavy atom. The van der Waals surface area contributed by atoms with Gasteiger partial charge in [-0.05, 0) is 43.5 Å². The van der Waals surface area contributed by atoms with Gasteiger partial charge in [0, 0.05) is 37.1 Å². The first-order valence-corrected chi connectivity index (χ1v) is 13.9. The summed E-state index contributed by atoms with van der Waals surface area (Å²) in [6.45, 7) is 2.84. The molecule has 0 radical (unpaired) electrons. The summed E-state index contributed by atoms with van der Waals surface area (Å²) in [7, 11) is 1.65. The van der Waals surface area contributed by atoms with Crippen LogP contribution in [0, 0.1) is 0 Å². The van der Waals surface area contributed by atoms with Crippen LogP contribution in [0.2, 0.25) is 5.02 Å². The van der Waals surface area contributed by atoms with Crippen LogP contribution in [0.4, 0.5) is 0 Å². The highest BCUT2D eigenvalue weighted by Gasteiger charge is 2.44. The Hall–Kier alpha value is -3.36. The molecule has 1 aliphatic heterocycles. The topological polar surface area (TPSA) is 99.8 Å². The third-order valence-corrected chi connectivity index (χ3v) is 7.78. The van der Waals surface area contributed by atoms with Crippen molar-refractivity contribution in [3.8, 4) is 5.75 Å². The fraction of sp³-hybridized carbons (Fsp3) is 0.433. The number of ether oxygens (including phenoxy) is 1. The zero-order chi connectivity index (χ0) is 27.8. The Kier molecular flexibility index (Phi) is 9.64. The zero-order valence-corrected chi connectivity index (χ0v) is 23.3. The maximum atomic E-state index is 13.7. The van der Waals surface area contributed by atoms with E-state index in [2.05, 4.69) is 16.0 Å². The number of amides is 3. The third-order valence-electron chi connectivity index (χ3n) is 7.54.